The van der Waals surface area contributed by atoms with E-state index < -0.39 is 23.8 Å². The van der Waals surface area contributed by atoms with Gasteiger partial charge in [0.05, 0.1) is 12.1 Å². The van der Waals surface area contributed by atoms with Gasteiger partial charge in [0.25, 0.3) is 0 Å². The van der Waals surface area contributed by atoms with E-state index in [9.17, 15) is 18.7 Å². The van der Waals surface area contributed by atoms with Crippen molar-refractivity contribution in [2.45, 2.75) is 76.0 Å². The zero-order chi connectivity index (χ0) is 23.1. The lowest BCUT2D eigenvalue weighted by molar-refractivity contribution is -0.110. The minimum absolute atomic E-state index is 0.131. The van der Waals surface area contributed by atoms with Crippen molar-refractivity contribution in [3.8, 4) is 0 Å². The van der Waals surface area contributed by atoms with Gasteiger partial charge in [-0.15, -0.1) is 0 Å². The van der Waals surface area contributed by atoms with E-state index in [0.717, 1.165) is 31.7 Å². The van der Waals surface area contributed by atoms with Gasteiger partial charge in [-0.3, -0.25) is 4.79 Å². The van der Waals surface area contributed by atoms with Gasteiger partial charge in [-0.25, -0.2) is 8.78 Å². The number of halogens is 2. The predicted molar refractivity (Wildman–Crippen MR) is 122 cm³/mol. The number of carbonyl (C=O) groups excluding carboxylic acids is 1. The second kappa shape index (κ2) is 11.0. The lowest BCUT2D eigenvalue weighted by atomic mass is 9.75. The molecule has 1 amide bonds. The first-order chi connectivity index (χ1) is 15.3. The Kier molecular flexibility index (Phi) is 8.38. The predicted octanol–water partition coefficient (Wildman–Crippen LogP) is 4.56. The number of aliphatic hydroxyl groups is 1. The maximum absolute atomic E-state index is 13.6. The second-order valence-electron chi connectivity index (χ2n) is 9.24. The fourth-order valence-electron chi connectivity index (χ4n) is 4.74. The molecule has 1 aliphatic rings. The summed E-state index contributed by atoms with van der Waals surface area (Å²) in [4.78, 5) is 11.1. The summed E-state index contributed by atoms with van der Waals surface area (Å²) in [6.07, 6.45) is 5.08. The topological polar surface area (TPSA) is 61.4 Å². The highest BCUT2D eigenvalue weighted by Crippen LogP contribution is 2.38. The summed E-state index contributed by atoms with van der Waals surface area (Å²) in [6.45, 7) is 4.61. The lowest BCUT2D eigenvalue weighted by Crippen LogP contribution is -2.52. The molecular weight excluding hydrogens is 410 g/mol. The van der Waals surface area contributed by atoms with Gasteiger partial charge in [-0.2, -0.15) is 0 Å². The third kappa shape index (κ3) is 6.14. The third-order valence-corrected chi connectivity index (χ3v) is 6.59. The number of hydrogen-bond acceptors (Lipinski definition) is 3. The number of carbonyl (C=O) groups is 1. The quantitative estimate of drug-likeness (QED) is 0.471. The molecule has 0 heterocycles. The van der Waals surface area contributed by atoms with Crippen molar-refractivity contribution in [2.24, 2.45) is 0 Å². The number of rotatable bonds is 10. The van der Waals surface area contributed by atoms with E-state index in [2.05, 4.69) is 48.7 Å². The maximum Gasteiger partial charge on any atom is 0.207 e. The molecule has 0 aliphatic heterocycles. The molecule has 0 aromatic heterocycles. The van der Waals surface area contributed by atoms with Crippen molar-refractivity contribution >= 4 is 6.41 Å². The van der Waals surface area contributed by atoms with Crippen molar-refractivity contribution < 1.29 is 18.7 Å². The van der Waals surface area contributed by atoms with Crippen LogP contribution in [0.1, 0.15) is 68.6 Å². The minimum atomic E-state index is -0.918. The summed E-state index contributed by atoms with van der Waals surface area (Å²) in [5.41, 5.74) is 2.66. The van der Waals surface area contributed by atoms with Crippen LogP contribution in [0.25, 0.3) is 0 Å². The maximum atomic E-state index is 13.6. The number of hydrogen-bond donors (Lipinski definition) is 3. The molecule has 0 saturated heterocycles. The first-order valence-corrected chi connectivity index (χ1v) is 11.5. The molecule has 4 nitrogen and oxygen atoms in total. The Balaban J connectivity index is 1.76. The molecule has 6 heteroatoms. The molecular formula is C26H34F2N2O2. The summed E-state index contributed by atoms with van der Waals surface area (Å²) >= 11 is 0. The highest BCUT2D eigenvalue weighted by molar-refractivity contribution is 5.47. The van der Waals surface area contributed by atoms with Crippen molar-refractivity contribution in [3.05, 3.63) is 70.8 Å². The van der Waals surface area contributed by atoms with E-state index in [1.54, 1.807) is 0 Å². The highest BCUT2D eigenvalue weighted by atomic mass is 19.1. The second-order valence-corrected chi connectivity index (χ2v) is 9.24. The van der Waals surface area contributed by atoms with Crippen LogP contribution in [0.15, 0.2) is 42.5 Å². The van der Waals surface area contributed by atoms with Gasteiger partial charge in [0.2, 0.25) is 6.41 Å². The summed E-state index contributed by atoms with van der Waals surface area (Å²) in [6, 6.07) is 11.2. The smallest absolute Gasteiger partial charge is 0.207 e. The molecule has 2 atom stereocenters. The minimum Gasteiger partial charge on any atom is -0.390 e. The normalized spacial score (nSPS) is 17.7. The molecule has 1 fully saturated rings. The van der Waals surface area contributed by atoms with Crippen LogP contribution < -0.4 is 10.6 Å². The van der Waals surface area contributed by atoms with Crippen LogP contribution in [-0.2, 0) is 16.8 Å². The summed E-state index contributed by atoms with van der Waals surface area (Å²) in [5, 5.41) is 17.1. The molecule has 1 aliphatic carbocycles. The van der Waals surface area contributed by atoms with Gasteiger partial charge in [0.1, 0.15) is 11.6 Å². The molecule has 3 rings (SSSR count). The molecule has 2 aromatic carbocycles. The van der Waals surface area contributed by atoms with Crippen LogP contribution in [0, 0.1) is 11.6 Å². The Hall–Kier alpha value is -2.31. The van der Waals surface area contributed by atoms with Gasteiger partial charge in [0, 0.05) is 18.2 Å². The Bertz CT molecular complexity index is 877. The van der Waals surface area contributed by atoms with Gasteiger partial charge in [-0.1, -0.05) is 57.4 Å². The van der Waals surface area contributed by atoms with Crippen LogP contribution in [0.2, 0.25) is 0 Å². The Morgan fingerprint density at radius 2 is 1.75 bits per heavy atom. The molecule has 0 spiro atoms. The van der Waals surface area contributed by atoms with E-state index >= 15 is 0 Å². The first kappa shape index (κ1) is 24.3. The van der Waals surface area contributed by atoms with E-state index in [1.165, 1.54) is 29.7 Å². The highest BCUT2D eigenvalue weighted by Gasteiger charge is 2.35. The van der Waals surface area contributed by atoms with Crippen LogP contribution in [0.5, 0.6) is 0 Å². The average Bonchev–Trinajstić information content (AvgIpc) is 2.77. The summed E-state index contributed by atoms with van der Waals surface area (Å²) in [7, 11) is 0. The van der Waals surface area contributed by atoms with E-state index in [4.69, 9.17) is 0 Å². The van der Waals surface area contributed by atoms with Crippen molar-refractivity contribution in [1.82, 2.24) is 10.6 Å². The summed E-state index contributed by atoms with van der Waals surface area (Å²) in [5.74, 6) is -0.929. The Morgan fingerprint density at radius 3 is 2.38 bits per heavy atom. The molecule has 174 valence electrons. The van der Waals surface area contributed by atoms with Gasteiger partial charge in [0.15, 0.2) is 0 Å². The zero-order valence-electron chi connectivity index (χ0n) is 18.9. The van der Waals surface area contributed by atoms with Gasteiger partial charge in [-0.05, 0) is 54.0 Å². The van der Waals surface area contributed by atoms with E-state index in [0.29, 0.717) is 17.9 Å². The molecule has 3 N–H and O–H groups in total. The lowest BCUT2D eigenvalue weighted by Gasteiger charge is -2.40. The van der Waals surface area contributed by atoms with Crippen molar-refractivity contribution in [3.63, 3.8) is 0 Å². The van der Waals surface area contributed by atoms with Crippen LogP contribution in [0.4, 0.5) is 8.78 Å². The van der Waals surface area contributed by atoms with E-state index in [-0.39, 0.29) is 18.5 Å². The van der Waals surface area contributed by atoms with Crippen molar-refractivity contribution in [1.29, 1.82) is 0 Å². The monoisotopic (exact) mass is 444 g/mol. The number of amides is 1. The molecule has 32 heavy (non-hydrogen) atoms. The number of aliphatic hydroxyl groups excluding tert-OH is 1. The Morgan fingerprint density at radius 1 is 1.06 bits per heavy atom. The molecule has 0 radical (unpaired) electrons. The summed E-state index contributed by atoms with van der Waals surface area (Å²) < 4.78 is 27.2. The number of nitrogens with one attached hydrogen (secondary N) is 2. The Labute approximate surface area is 189 Å². The zero-order valence-corrected chi connectivity index (χ0v) is 18.9. The average molecular weight is 445 g/mol. The molecule has 0 unspecified atom stereocenters. The van der Waals surface area contributed by atoms with Crippen LogP contribution >= 0.6 is 0 Å². The van der Waals surface area contributed by atoms with Gasteiger partial charge < -0.3 is 15.7 Å². The fourth-order valence-corrected chi connectivity index (χ4v) is 4.74. The van der Waals surface area contributed by atoms with Crippen molar-refractivity contribution in [2.75, 3.05) is 6.54 Å². The molecule has 0 bridgehead atoms. The number of benzene rings is 2. The first-order valence-electron chi connectivity index (χ1n) is 11.5. The standard InChI is InChI=1S/C26H34F2N2O2/c1-18(2)20-7-6-8-21(14-20)26(9-4-3-5-10-26)30-16-25(32)24(29-17-31)13-19-11-22(27)15-23(28)12-19/h6-8,11-12,14-15,17-18,24-25,30,32H,3-5,9-10,13,16H2,1-2H3,(H,29,31)/t24-,25-/m0/s1. The molecule has 1 saturated carbocycles. The third-order valence-electron chi connectivity index (χ3n) is 6.59. The fraction of sp³-hybridized carbons (Fsp3) is 0.500. The van der Waals surface area contributed by atoms with Crippen LogP contribution in [0.3, 0.4) is 0 Å². The van der Waals surface area contributed by atoms with Gasteiger partial charge >= 0.3 is 0 Å². The SMILES string of the molecule is CC(C)c1cccc(C2(NC[C@H](O)[C@H](Cc3cc(F)cc(F)c3)NC=O)CCCCC2)c1. The van der Waals surface area contributed by atoms with Crippen LogP contribution in [-0.4, -0.2) is 30.2 Å². The largest absolute Gasteiger partial charge is 0.390 e. The van der Waals surface area contributed by atoms with E-state index in [1.807, 2.05) is 0 Å². The molecule has 2 aromatic rings.